The molecular weight excluding hydrogens is 292 g/mol. The number of carbonyl (C=O) groups excluding carboxylic acids is 2. The Kier molecular flexibility index (Phi) is 4.22. The summed E-state index contributed by atoms with van der Waals surface area (Å²) < 4.78 is 0. The summed E-state index contributed by atoms with van der Waals surface area (Å²) in [6.45, 7) is -0.637. The van der Waals surface area contributed by atoms with Gasteiger partial charge in [-0.15, -0.1) is 0 Å². The van der Waals surface area contributed by atoms with Crippen LogP contribution in [0.5, 0.6) is 0 Å². The summed E-state index contributed by atoms with van der Waals surface area (Å²) in [7, 11) is 0. The SMILES string of the molecule is N#CCN1C(=O)/C(=C\c2ccccc2Cl)N(CC#N)C1=O. The largest absolute Gasteiger partial charge is 0.333 e. The smallest absolute Gasteiger partial charge is 0.275 e. The highest BCUT2D eigenvalue weighted by molar-refractivity contribution is 6.32. The van der Waals surface area contributed by atoms with Crippen molar-refractivity contribution in [3.05, 3.63) is 40.5 Å². The van der Waals surface area contributed by atoms with Crippen LogP contribution in [-0.2, 0) is 4.79 Å². The van der Waals surface area contributed by atoms with Crippen LogP contribution >= 0.6 is 11.6 Å². The quantitative estimate of drug-likeness (QED) is 0.485. The first-order valence-corrected chi connectivity index (χ1v) is 6.31. The molecule has 0 unspecified atom stereocenters. The summed E-state index contributed by atoms with van der Waals surface area (Å²) in [5.74, 6) is -0.614. The fourth-order valence-electron chi connectivity index (χ4n) is 1.90. The van der Waals surface area contributed by atoms with Gasteiger partial charge in [-0.1, -0.05) is 29.8 Å². The molecule has 104 valence electrons. The van der Waals surface area contributed by atoms with Gasteiger partial charge in [-0.05, 0) is 17.7 Å². The zero-order chi connectivity index (χ0) is 15.4. The van der Waals surface area contributed by atoms with Gasteiger partial charge in [0.1, 0.15) is 18.8 Å². The van der Waals surface area contributed by atoms with E-state index < -0.39 is 11.9 Å². The van der Waals surface area contributed by atoms with Gasteiger partial charge >= 0.3 is 6.03 Å². The van der Waals surface area contributed by atoms with E-state index in [1.807, 2.05) is 6.07 Å². The Morgan fingerprint density at radius 2 is 1.71 bits per heavy atom. The van der Waals surface area contributed by atoms with E-state index in [-0.39, 0.29) is 18.8 Å². The van der Waals surface area contributed by atoms with Crippen molar-refractivity contribution < 1.29 is 9.59 Å². The Balaban J connectivity index is 2.47. The maximum atomic E-state index is 12.2. The first kappa shape index (κ1) is 14.6. The first-order valence-electron chi connectivity index (χ1n) is 5.93. The third kappa shape index (κ3) is 2.71. The van der Waals surface area contributed by atoms with Crippen LogP contribution in [0.25, 0.3) is 6.08 Å². The van der Waals surface area contributed by atoms with Crippen molar-refractivity contribution in [1.82, 2.24) is 9.80 Å². The van der Waals surface area contributed by atoms with Crippen LogP contribution < -0.4 is 0 Å². The van der Waals surface area contributed by atoms with Crippen molar-refractivity contribution in [2.75, 3.05) is 13.1 Å². The summed E-state index contributed by atoms with van der Waals surface area (Å²) in [6.07, 6.45) is 1.44. The molecule has 1 aliphatic heterocycles. The lowest BCUT2D eigenvalue weighted by Gasteiger charge is -2.11. The van der Waals surface area contributed by atoms with Gasteiger partial charge in [-0.25, -0.2) is 9.69 Å². The Morgan fingerprint density at radius 3 is 2.33 bits per heavy atom. The molecule has 2 rings (SSSR count). The minimum absolute atomic E-state index is 0.0323. The van der Waals surface area contributed by atoms with Crippen LogP contribution in [0.4, 0.5) is 4.79 Å². The van der Waals surface area contributed by atoms with Gasteiger partial charge < -0.3 is 0 Å². The molecule has 0 N–H and O–H groups in total. The number of imide groups is 1. The van der Waals surface area contributed by atoms with Crippen LogP contribution in [0, 0.1) is 22.7 Å². The van der Waals surface area contributed by atoms with Crippen LogP contribution in [0.1, 0.15) is 5.56 Å². The monoisotopic (exact) mass is 300 g/mol. The van der Waals surface area contributed by atoms with E-state index in [0.717, 1.165) is 9.80 Å². The normalized spacial score (nSPS) is 16.2. The van der Waals surface area contributed by atoms with Gasteiger partial charge in [0.25, 0.3) is 5.91 Å². The van der Waals surface area contributed by atoms with E-state index in [9.17, 15) is 9.59 Å². The number of hydrogen-bond acceptors (Lipinski definition) is 4. The molecule has 0 atom stereocenters. The maximum absolute atomic E-state index is 12.2. The molecule has 6 nitrogen and oxygen atoms in total. The number of halogens is 1. The highest BCUT2D eigenvalue weighted by Crippen LogP contribution is 2.25. The third-order valence-electron chi connectivity index (χ3n) is 2.87. The zero-order valence-electron chi connectivity index (χ0n) is 10.8. The molecule has 1 heterocycles. The predicted octanol–water partition coefficient (Wildman–Crippen LogP) is 1.99. The molecule has 0 aliphatic carbocycles. The summed E-state index contributed by atoms with van der Waals surface area (Å²) in [5.41, 5.74) is 0.585. The highest BCUT2D eigenvalue weighted by atomic mass is 35.5. The van der Waals surface area contributed by atoms with Crippen molar-refractivity contribution >= 4 is 29.6 Å². The number of rotatable bonds is 3. The molecule has 3 amide bonds. The summed E-state index contributed by atoms with van der Waals surface area (Å²) in [6, 6.07) is 9.70. The molecule has 1 aromatic rings. The van der Waals surface area contributed by atoms with E-state index in [0.29, 0.717) is 10.6 Å². The van der Waals surface area contributed by atoms with Crippen LogP contribution in [0.3, 0.4) is 0 Å². The van der Waals surface area contributed by atoms with Crippen molar-refractivity contribution in [3.8, 4) is 12.1 Å². The van der Waals surface area contributed by atoms with E-state index in [4.69, 9.17) is 22.1 Å². The van der Waals surface area contributed by atoms with Gasteiger partial charge in [0, 0.05) is 5.02 Å². The lowest BCUT2D eigenvalue weighted by Crippen LogP contribution is -2.33. The average Bonchev–Trinajstić information content (AvgIpc) is 2.68. The number of benzene rings is 1. The van der Waals surface area contributed by atoms with Crippen molar-refractivity contribution in [3.63, 3.8) is 0 Å². The number of nitrogens with zero attached hydrogens (tertiary/aromatic N) is 4. The number of carbonyl (C=O) groups is 2. The standard InChI is InChI=1S/C14H9ClN4O2/c15-11-4-2-1-3-10(11)9-12-13(20)19(8-6-17)14(21)18(12)7-5-16/h1-4,9H,7-8H2/b12-9+. The second-order valence-electron chi connectivity index (χ2n) is 4.13. The van der Waals surface area contributed by atoms with Crippen LogP contribution in [0.15, 0.2) is 30.0 Å². The molecule has 1 aromatic carbocycles. The molecule has 1 saturated heterocycles. The predicted molar refractivity (Wildman–Crippen MR) is 74.5 cm³/mol. The van der Waals surface area contributed by atoms with Crippen LogP contribution in [-0.4, -0.2) is 34.8 Å². The molecule has 0 saturated carbocycles. The van der Waals surface area contributed by atoms with E-state index in [1.165, 1.54) is 6.08 Å². The molecule has 0 radical (unpaired) electrons. The summed E-state index contributed by atoms with van der Waals surface area (Å²) in [5, 5.41) is 17.9. The number of urea groups is 1. The summed E-state index contributed by atoms with van der Waals surface area (Å²) >= 11 is 6.02. The Hall–Kier alpha value is -2.83. The van der Waals surface area contributed by atoms with E-state index >= 15 is 0 Å². The number of nitriles is 2. The Bertz CT molecular complexity index is 714. The molecule has 1 fully saturated rings. The third-order valence-corrected chi connectivity index (χ3v) is 3.22. The van der Waals surface area contributed by atoms with E-state index in [1.54, 1.807) is 30.3 Å². The van der Waals surface area contributed by atoms with Gasteiger partial charge in [0.2, 0.25) is 0 Å². The molecule has 7 heteroatoms. The minimum Gasteiger partial charge on any atom is -0.275 e. The maximum Gasteiger partial charge on any atom is 0.333 e. The van der Waals surface area contributed by atoms with Crippen molar-refractivity contribution in [2.45, 2.75) is 0 Å². The fraction of sp³-hybridized carbons (Fsp3) is 0.143. The second-order valence-corrected chi connectivity index (χ2v) is 4.53. The molecule has 0 spiro atoms. The molecule has 1 aliphatic rings. The lowest BCUT2D eigenvalue weighted by atomic mass is 10.2. The van der Waals surface area contributed by atoms with Gasteiger partial charge in [0.05, 0.1) is 12.1 Å². The molecule has 0 bridgehead atoms. The van der Waals surface area contributed by atoms with E-state index in [2.05, 4.69) is 0 Å². The average molecular weight is 301 g/mol. The van der Waals surface area contributed by atoms with Crippen molar-refractivity contribution in [2.24, 2.45) is 0 Å². The lowest BCUT2D eigenvalue weighted by molar-refractivity contribution is -0.122. The molecule has 21 heavy (non-hydrogen) atoms. The number of amides is 3. The Labute approximate surface area is 126 Å². The summed E-state index contributed by atoms with van der Waals surface area (Å²) in [4.78, 5) is 26.1. The second kappa shape index (κ2) is 6.08. The van der Waals surface area contributed by atoms with Gasteiger partial charge in [-0.3, -0.25) is 9.69 Å². The molecular formula is C14H9ClN4O2. The van der Waals surface area contributed by atoms with Crippen molar-refractivity contribution in [1.29, 1.82) is 10.5 Å². The topological polar surface area (TPSA) is 88.2 Å². The van der Waals surface area contributed by atoms with Gasteiger partial charge in [0.15, 0.2) is 0 Å². The zero-order valence-corrected chi connectivity index (χ0v) is 11.5. The van der Waals surface area contributed by atoms with Gasteiger partial charge in [-0.2, -0.15) is 10.5 Å². The van der Waals surface area contributed by atoms with Crippen LogP contribution in [0.2, 0.25) is 5.02 Å². The first-order chi connectivity index (χ1) is 10.1. The number of hydrogen-bond donors (Lipinski definition) is 0. The minimum atomic E-state index is -0.679. The Morgan fingerprint density at radius 1 is 1.10 bits per heavy atom. The fourth-order valence-corrected chi connectivity index (χ4v) is 2.09. The highest BCUT2D eigenvalue weighted by Gasteiger charge is 2.40. The molecule has 0 aromatic heterocycles.